The number of nitrogens with zero attached hydrogens (tertiary/aromatic N) is 1. The predicted octanol–water partition coefficient (Wildman–Crippen LogP) is 9.15. The van der Waals surface area contributed by atoms with Gasteiger partial charge in [0.2, 0.25) is 0 Å². The Hall–Kier alpha value is -1.81. The maximum Gasteiger partial charge on any atom is 0.133 e. The van der Waals surface area contributed by atoms with Gasteiger partial charge >= 0.3 is 0 Å². The number of carbonyl (C=O) groups excluding carboxylic acids is 1. The fraction of sp³-hybridized carbons (Fsp3) is 0.308. The molecule has 0 unspecified atom stereocenters. The van der Waals surface area contributed by atoms with Crippen molar-refractivity contribution in [3.8, 4) is 0 Å². The first-order valence-corrected chi connectivity index (χ1v) is 12.2. The Labute approximate surface area is 201 Å². The SMILES string of the molecule is CC.CC/C=C\CC(C)=O.CCC1=CSc2ccccc2C(c2ccc(Cl)cc2Cl)=N1. The summed E-state index contributed by atoms with van der Waals surface area (Å²) in [5.74, 6) is 0.231. The summed E-state index contributed by atoms with van der Waals surface area (Å²) in [6, 6.07) is 13.8. The van der Waals surface area contributed by atoms with Crippen LogP contribution in [0, 0.1) is 0 Å². The molecule has 166 valence electrons. The molecule has 1 aliphatic heterocycles. The molecule has 0 radical (unpaired) electrons. The molecular weight excluding hydrogens is 445 g/mol. The zero-order valence-corrected chi connectivity index (χ0v) is 21.2. The highest BCUT2D eigenvalue weighted by Crippen LogP contribution is 2.34. The average Bonchev–Trinajstić information content (AvgIpc) is 2.95. The lowest BCUT2D eigenvalue weighted by Gasteiger charge is -2.11. The standard InChI is InChI=1S/C17H13Cl2NS.C7H12O.C2H6/c1-2-12-10-21-16-6-4-3-5-14(16)17(20-12)13-8-7-11(18)9-15(13)19;1-3-4-5-6-7(2)8;1-2/h3-10H,2H2,1H3;4-5H,3,6H2,1-2H3;1-2H3/b;5-4-;. The van der Waals surface area contributed by atoms with E-state index in [4.69, 9.17) is 28.2 Å². The molecule has 0 atom stereocenters. The molecule has 0 N–H and O–H groups in total. The number of fused-ring (bicyclic) bond motifs is 1. The van der Waals surface area contributed by atoms with Gasteiger partial charge in [0.25, 0.3) is 0 Å². The van der Waals surface area contributed by atoms with Crippen LogP contribution in [0.4, 0.5) is 0 Å². The van der Waals surface area contributed by atoms with E-state index in [0.717, 1.165) is 35.4 Å². The van der Waals surface area contributed by atoms with Gasteiger partial charge in [-0.25, -0.2) is 0 Å². The highest BCUT2D eigenvalue weighted by atomic mass is 35.5. The van der Waals surface area contributed by atoms with Gasteiger partial charge < -0.3 is 0 Å². The van der Waals surface area contributed by atoms with Crippen molar-refractivity contribution in [2.75, 3.05) is 0 Å². The maximum absolute atomic E-state index is 10.3. The average molecular weight is 477 g/mol. The molecule has 3 rings (SSSR count). The highest BCUT2D eigenvalue weighted by Gasteiger charge is 2.17. The Morgan fingerprint density at radius 2 is 1.74 bits per heavy atom. The molecule has 1 aliphatic rings. The Balaban J connectivity index is 0.000000409. The van der Waals surface area contributed by atoms with Crippen LogP contribution in [0.25, 0.3) is 0 Å². The van der Waals surface area contributed by atoms with Crippen LogP contribution in [0.2, 0.25) is 10.0 Å². The number of allylic oxidation sites excluding steroid dienone is 3. The first-order chi connectivity index (χ1) is 15.0. The molecule has 0 aliphatic carbocycles. The van der Waals surface area contributed by atoms with Crippen LogP contribution in [0.1, 0.15) is 65.0 Å². The third-order valence-electron chi connectivity index (χ3n) is 4.08. The summed E-state index contributed by atoms with van der Waals surface area (Å²) in [6.45, 7) is 9.75. The van der Waals surface area contributed by atoms with Gasteiger partial charge in [0, 0.05) is 33.2 Å². The third kappa shape index (κ3) is 9.06. The second-order valence-electron chi connectivity index (χ2n) is 6.45. The predicted molar refractivity (Wildman–Crippen MR) is 139 cm³/mol. The van der Waals surface area contributed by atoms with E-state index in [2.05, 4.69) is 31.4 Å². The van der Waals surface area contributed by atoms with Gasteiger partial charge in [0.1, 0.15) is 5.78 Å². The highest BCUT2D eigenvalue weighted by molar-refractivity contribution is 8.02. The van der Waals surface area contributed by atoms with Crippen molar-refractivity contribution in [1.29, 1.82) is 0 Å². The molecule has 1 heterocycles. The molecule has 2 aromatic carbocycles. The van der Waals surface area contributed by atoms with Gasteiger partial charge in [-0.2, -0.15) is 0 Å². The summed E-state index contributed by atoms with van der Waals surface area (Å²) in [6.07, 6.45) is 6.40. The molecule has 0 bridgehead atoms. The monoisotopic (exact) mass is 475 g/mol. The van der Waals surface area contributed by atoms with E-state index in [1.165, 1.54) is 4.90 Å². The van der Waals surface area contributed by atoms with Crippen LogP contribution in [0.3, 0.4) is 0 Å². The van der Waals surface area contributed by atoms with E-state index >= 15 is 0 Å². The Bertz CT molecular complexity index is 948. The number of benzene rings is 2. The molecule has 0 saturated carbocycles. The summed E-state index contributed by atoms with van der Waals surface area (Å²) in [4.78, 5) is 16.3. The van der Waals surface area contributed by atoms with Gasteiger partial charge in [-0.15, -0.1) is 0 Å². The smallest absolute Gasteiger partial charge is 0.133 e. The maximum atomic E-state index is 10.3. The van der Waals surface area contributed by atoms with Gasteiger partial charge in [0.15, 0.2) is 0 Å². The third-order valence-corrected chi connectivity index (χ3v) is 5.62. The minimum absolute atomic E-state index is 0.231. The van der Waals surface area contributed by atoms with Crippen molar-refractivity contribution in [3.05, 3.63) is 86.9 Å². The van der Waals surface area contributed by atoms with E-state index < -0.39 is 0 Å². The van der Waals surface area contributed by atoms with Gasteiger partial charge in [-0.1, -0.05) is 93.0 Å². The first-order valence-electron chi connectivity index (χ1n) is 10.6. The number of aliphatic imine (C=N–C) groups is 1. The Morgan fingerprint density at radius 1 is 1.03 bits per heavy atom. The van der Waals surface area contributed by atoms with Crippen molar-refractivity contribution in [2.45, 2.75) is 58.8 Å². The van der Waals surface area contributed by atoms with Crippen LogP contribution in [0.15, 0.2) is 75.6 Å². The molecule has 0 aromatic heterocycles. The minimum atomic E-state index is 0.231. The fourth-order valence-electron chi connectivity index (χ4n) is 2.59. The van der Waals surface area contributed by atoms with Crippen molar-refractivity contribution in [2.24, 2.45) is 4.99 Å². The molecule has 0 saturated heterocycles. The van der Waals surface area contributed by atoms with Gasteiger partial charge in [-0.3, -0.25) is 9.79 Å². The molecule has 2 aromatic rings. The lowest BCUT2D eigenvalue weighted by molar-refractivity contribution is -0.116. The number of ketones is 1. The topological polar surface area (TPSA) is 29.4 Å². The number of Topliss-reactive ketones (excluding diaryl/α,β-unsaturated/α-hetero) is 1. The van der Waals surface area contributed by atoms with Crippen LogP contribution < -0.4 is 0 Å². The molecular formula is C26H31Cl2NOS. The quantitative estimate of drug-likeness (QED) is 0.403. The number of thioether (sulfide) groups is 1. The Morgan fingerprint density at radius 3 is 2.35 bits per heavy atom. The number of carbonyl (C=O) groups is 1. The number of rotatable bonds is 5. The fourth-order valence-corrected chi connectivity index (χ4v) is 4.02. The zero-order chi connectivity index (χ0) is 23.2. The number of hydrogen-bond acceptors (Lipinski definition) is 3. The minimum Gasteiger partial charge on any atom is -0.300 e. The molecule has 0 fully saturated rings. The lowest BCUT2D eigenvalue weighted by atomic mass is 10.0. The summed E-state index contributed by atoms with van der Waals surface area (Å²) in [5, 5.41) is 3.36. The summed E-state index contributed by atoms with van der Waals surface area (Å²) in [5.41, 5.74) is 3.98. The lowest BCUT2D eigenvalue weighted by Crippen LogP contribution is -2.05. The molecule has 31 heavy (non-hydrogen) atoms. The van der Waals surface area contributed by atoms with Crippen LogP contribution in [-0.4, -0.2) is 11.5 Å². The second kappa shape index (κ2) is 15.1. The van der Waals surface area contributed by atoms with E-state index in [1.54, 1.807) is 24.8 Å². The normalized spacial score (nSPS) is 12.4. The van der Waals surface area contributed by atoms with E-state index in [1.807, 2.05) is 50.3 Å². The van der Waals surface area contributed by atoms with E-state index in [0.29, 0.717) is 16.5 Å². The molecule has 0 amide bonds. The van der Waals surface area contributed by atoms with Crippen molar-refractivity contribution in [3.63, 3.8) is 0 Å². The summed E-state index contributed by atoms with van der Waals surface area (Å²) < 4.78 is 0. The zero-order valence-electron chi connectivity index (χ0n) is 18.9. The van der Waals surface area contributed by atoms with E-state index in [-0.39, 0.29) is 5.78 Å². The van der Waals surface area contributed by atoms with Crippen LogP contribution in [0.5, 0.6) is 0 Å². The summed E-state index contributed by atoms with van der Waals surface area (Å²) in [7, 11) is 0. The molecule has 2 nitrogen and oxygen atoms in total. The number of halogens is 2. The first kappa shape index (κ1) is 27.2. The van der Waals surface area contributed by atoms with Gasteiger partial charge in [-0.05, 0) is 49.4 Å². The summed E-state index contributed by atoms with van der Waals surface area (Å²) >= 11 is 14.1. The second-order valence-corrected chi connectivity index (χ2v) is 8.20. The van der Waals surface area contributed by atoms with E-state index in [9.17, 15) is 4.79 Å². The molecule has 5 heteroatoms. The van der Waals surface area contributed by atoms with Crippen LogP contribution in [-0.2, 0) is 4.79 Å². The van der Waals surface area contributed by atoms with Crippen molar-refractivity contribution < 1.29 is 4.79 Å². The largest absolute Gasteiger partial charge is 0.300 e. The van der Waals surface area contributed by atoms with Crippen molar-refractivity contribution in [1.82, 2.24) is 0 Å². The number of hydrogen-bond donors (Lipinski definition) is 0. The Kier molecular flexibility index (Phi) is 13.2. The molecule has 0 spiro atoms. The van der Waals surface area contributed by atoms with Crippen LogP contribution >= 0.6 is 35.0 Å². The van der Waals surface area contributed by atoms with Gasteiger partial charge in [0.05, 0.1) is 10.7 Å². The van der Waals surface area contributed by atoms with Crippen molar-refractivity contribution >= 4 is 46.5 Å².